The molecule has 0 saturated heterocycles. The summed E-state index contributed by atoms with van der Waals surface area (Å²) in [5, 5.41) is 3.67. The molecule has 1 aromatic carbocycles. The van der Waals surface area contributed by atoms with Crippen molar-refractivity contribution in [2.24, 2.45) is 11.8 Å². The second kappa shape index (κ2) is 5.96. The Hall–Kier alpha value is -0.700. The summed E-state index contributed by atoms with van der Waals surface area (Å²) in [7, 11) is 1.69. The zero-order valence-electron chi connectivity index (χ0n) is 11.4. The van der Waals surface area contributed by atoms with Gasteiger partial charge in [-0.3, -0.25) is 0 Å². The number of hydrogen-bond acceptors (Lipinski definition) is 2. The van der Waals surface area contributed by atoms with Gasteiger partial charge in [0.2, 0.25) is 0 Å². The molecular weight excluding hydrogens is 290 g/mol. The van der Waals surface area contributed by atoms with E-state index in [9.17, 15) is 0 Å². The SMILES string of the molecule is COc1ccc(NC2CCCC(C)C2C)cc1Br. The summed E-state index contributed by atoms with van der Waals surface area (Å²) in [5.41, 5.74) is 1.17. The molecule has 0 aromatic heterocycles. The normalized spacial score (nSPS) is 27.9. The maximum Gasteiger partial charge on any atom is 0.133 e. The maximum absolute atomic E-state index is 5.25. The molecule has 1 aliphatic rings. The summed E-state index contributed by atoms with van der Waals surface area (Å²) in [4.78, 5) is 0. The van der Waals surface area contributed by atoms with Gasteiger partial charge in [-0.05, 0) is 52.4 Å². The molecule has 2 rings (SSSR count). The van der Waals surface area contributed by atoms with E-state index in [0.29, 0.717) is 6.04 Å². The molecule has 100 valence electrons. The van der Waals surface area contributed by atoms with Crippen molar-refractivity contribution >= 4 is 21.6 Å². The number of anilines is 1. The number of methoxy groups -OCH3 is 1. The van der Waals surface area contributed by atoms with Gasteiger partial charge in [0, 0.05) is 11.7 Å². The zero-order valence-corrected chi connectivity index (χ0v) is 13.0. The van der Waals surface area contributed by atoms with E-state index in [-0.39, 0.29) is 0 Å². The highest BCUT2D eigenvalue weighted by Gasteiger charge is 2.26. The molecule has 0 amide bonds. The number of rotatable bonds is 3. The fourth-order valence-corrected chi connectivity index (χ4v) is 3.30. The zero-order chi connectivity index (χ0) is 13.1. The van der Waals surface area contributed by atoms with Gasteiger partial charge in [-0.15, -0.1) is 0 Å². The van der Waals surface area contributed by atoms with Crippen LogP contribution in [-0.4, -0.2) is 13.2 Å². The van der Waals surface area contributed by atoms with Crippen molar-refractivity contribution in [3.63, 3.8) is 0 Å². The Bertz CT molecular complexity index is 407. The Labute approximate surface area is 118 Å². The van der Waals surface area contributed by atoms with Gasteiger partial charge in [-0.1, -0.05) is 26.7 Å². The van der Waals surface area contributed by atoms with E-state index in [2.05, 4.69) is 47.2 Å². The van der Waals surface area contributed by atoms with Crippen LogP contribution in [0.25, 0.3) is 0 Å². The van der Waals surface area contributed by atoms with Crippen molar-refractivity contribution in [2.45, 2.75) is 39.2 Å². The lowest BCUT2D eigenvalue weighted by atomic mass is 9.78. The van der Waals surface area contributed by atoms with Crippen LogP contribution in [0.15, 0.2) is 22.7 Å². The summed E-state index contributed by atoms with van der Waals surface area (Å²) in [6.07, 6.45) is 3.97. The molecule has 0 bridgehead atoms. The van der Waals surface area contributed by atoms with Gasteiger partial charge in [-0.2, -0.15) is 0 Å². The molecule has 0 heterocycles. The second-order valence-corrected chi connectivity index (χ2v) is 6.22. The molecular formula is C15H22BrNO. The smallest absolute Gasteiger partial charge is 0.133 e. The van der Waals surface area contributed by atoms with Gasteiger partial charge in [0.05, 0.1) is 11.6 Å². The quantitative estimate of drug-likeness (QED) is 0.874. The summed E-state index contributed by atoms with van der Waals surface area (Å²) in [6.45, 7) is 4.72. The Balaban J connectivity index is 2.06. The standard InChI is InChI=1S/C15H22BrNO/c1-10-5-4-6-14(11(10)2)17-12-7-8-15(18-3)13(16)9-12/h7-11,14,17H,4-6H2,1-3H3. The van der Waals surface area contributed by atoms with E-state index in [4.69, 9.17) is 4.74 Å². The second-order valence-electron chi connectivity index (χ2n) is 5.37. The molecule has 1 saturated carbocycles. The first-order valence-electron chi connectivity index (χ1n) is 6.72. The van der Waals surface area contributed by atoms with Crippen LogP contribution in [0.3, 0.4) is 0 Å². The van der Waals surface area contributed by atoms with E-state index in [0.717, 1.165) is 22.1 Å². The Morgan fingerprint density at radius 1 is 1.28 bits per heavy atom. The van der Waals surface area contributed by atoms with Crippen LogP contribution < -0.4 is 10.1 Å². The molecule has 18 heavy (non-hydrogen) atoms. The van der Waals surface area contributed by atoms with Gasteiger partial charge in [-0.25, -0.2) is 0 Å². The lowest BCUT2D eigenvalue weighted by Crippen LogP contribution is -2.34. The van der Waals surface area contributed by atoms with Crippen molar-refractivity contribution in [3.05, 3.63) is 22.7 Å². The number of hydrogen-bond donors (Lipinski definition) is 1. The summed E-state index contributed by atoms with van der Waals surface area (Å²) in [5.74, 6) is 2.43. The molecule has 1 fully saturated rings. The van der Waals surface area contributed by atoms with Crippen molar-refractivity contribution < 1.29 is 4.74 Å². The van der Waals surface area contributed by atoms with E-state index < -0.39 is 0 Å². The topological polar surface area (TPSA) is 21.3 Å². The summed E-state index contributed by atoms with van der Waals surface area (Å²) in [6, 6.07) is 6.79. The molecule has 3 heteroatoms. The third-order valence-electron chi connectivity index (χ3n) is 4.21. The molecule has 1 aromatic rings. The van der Waals surface area contributed by atoms with Crippen LogP contribution in [-0.2, 0) is 0 Å². The minimum Gasteiger partial charge on any atom is -0.496 e. The molecule has 3 unspecified atom stereocenters. The van der Waals surface area contributed by atoms with E-state index >= 15 is 0 Å². The lowest BCUT2D eigenvalue weighted by Gasteiger charge is -2.35. The average molecular weight is 312 g/mol. The van der Waals surface area contributed by atoms with Gasteiger partial charge < -0.3 is 10.1 Å². The first-order valence-corrected chi connectivity index (χ1v) is 7.51. The summed E-state index contributed by atoms with van der Waals surface area (Å²) < 4.78 is 6.26. The van der Waals surface area contributed by atoms with Crippen molar-refractivity contribution in [2.75, 3.05) is 12.4 Å². The van der Waals surface area contributed by atoms with Crippen LogP contribution in [0.5, 0.6) is 5.75 Å². The Morgan fingerprint density at radius 3 is 2.72 bits per heavy atom. The van der Waals surface area contributed by atoms with Crippen molar-refractivity contribution in [1.82, 2.24) is 0 Å². The third kappa shape index (κ3) is 3.00. The van der Waals surface area contributed by atoms with Crippen LogP contribution in [0, 0.1) is 11.8 Å². The molecule has 0 radical (unpaired) electrons. The molecule has 1 N–H and O–H groups in total. The minimum atomic E-state index is 0.592. The van der Waals surface area contributed by atoms with E-state index in [1.165, 1.54) is 24.9 Å². The molecule has 2 nitrogen and oxygen atoms in total. The summed E-state index contributed by atoms with van der Waals surface area (Å²) >= 11 is 3.53. The Morgan fingerprint density at radius 2 is 2.06 bits per heavy atom. The fourth-order valence-electron chi connectivity index (χ4n) is 2.76. The molecule has 3 atom stereocenters. The lowest BCUT2D eigenvalue weighted by molar-refractivity contribution is 0.253. The first kappa shape index (κ1) is 13.7. The number of nitrogens with one attached hydrogen (secondary N) is 1. The molecule has 1 aliphatic carbocycles. The number of halogens is 1. The Kier molecular flexibility index (Phi) is 4.55. The highest BCUT2D eigenvalue weighted by molar-refractivity contribution is 9.10. The highest BCUT2D eigenvalue weighted by Crippen LogP contribution is 2.33. The van der Waals surface area contributed by atoms with Crippen LogP contribution in [0.1, 0.15) is 33.1 Å². The average Bonchev–Trinajstić information content (AvgIpc) is 2.35. The van der Waals surface area contributed by atoms with Gasteiger partial charge in [0.15, 0.2) is 0 Å². The molecule has 0 aliphatic heterocycles. The number of benzene rings is 1. The fraction of sp³-hybridized carbons (Fsp3) is 0.600. The van der Waals surface area contributed by atoms with Crippen molar-refractivity contribution in [3.8, 4) is 5.75 Å². The largest absolute Gasteiger partial charge is 0.496 e. The monoisotopic (exact) mass is 311 g/mol. The molecule has 0 spiro atoms. The number of ether oxygens (including phenoxy) is 1. The van der Waals surface area contributed by atoms with E-state index in [1.54, 1.807) is 7.11 Å². The van der Waals surface area contributed by atoms with Crippen LogP contribution in [0.4, 0.5) is 5.69 Å². The van der Waals surface area contributed by atoms with Gasteiger partial charge in [0.25, 0.3) is 0 Å². The maximum atomic E-state index is 5.25. The van der Waals surface area contributed by atoms with Crippen LogP contribution in [0.2, 0.25) is 0 Å². The van der Waals surface area contributed by atoms with Crippen LogP contribution >= 0.6 is 15.9 Å². The van der Waals surface area contributed by atoms with E-state index in [1.807, 2.05) is 6.07 Å². The first-order chi connectivity index (χ1) is 8.61. The van der Waals surface area contributed by atoms with Crippen molar-refractivity contribution in [1.29, 1.82) is 0 Å². The van der Waals surface area contributed by atoms with Gasteiger partial charge in [0.1, 0.15) is 5.75 Å². The predicted molar refractivity (Wildman–Crippen MR) is 80.3 cm³/mol. The predicted octanol–water partition coefficient (Wildman–Crippen LogP) is 4.69. The highest BCUT2D eigenvalue weighted by atomic mass is 79.9. The van der Waals surface area contributed by atoms with Gasteiger partial charge >= 0.3 is 0 Å². The minimum absolute atomic E-state index is 0.592. The third-order valence-corrected chi connectivity index (χ3v) is 4.83.